The first kappa shape index (κ1) is 7.33. The molecule has 54 valence electrons. The first-order valence-corrected chi connectivity index (χ1v) is 3.97. The van der Waals surface area contributed by atoms with E-state index < -0.39 is 0 Å². The van der Waals surface area contributed by atoms with Crippen LogP contribution in [0, 0.1) is 0 Å². The van der Waals surface area contributed by atoms with Crippen molar-refractivity contribution in [1.29, 1.82) is 0 Å². The van der Waals surface area contributed by atoms with Gasteiger partial charge in [-0.15, -0.1) is 0 Å². The molecule has 0 saturated carbocycles. The van der Waals surface area contributed by atoms with Gasteiger partial charge in [-0.3, -0.25) is 0 Å². The van der Waals surface area contributed by atoms with Crippen molar-refractivity contribution in [2.75, 3.05) is 0 Å². The van der Waals surface area contributed by atoms with Gasteiger partial charge in [0.1, 0.15) is 0 Å². The largest absolute Gasteiger partial charge is 0.0882 e. The molecule has 0 saturated heterocycles. The quantitative estimate of drug-likeness (QED) is 0.446. The van der Waals surface area contributed by atoms with Gasteiger partial charge in [0.15, 0.2) is 0 Å². The average molecular weight is 134 g/mol. The molecule has 1 rings (SSSR count). The van der Waals surface area contributed by atoms with Gasteiger partial charge in [0.2, 0.25) is 0 Å². The van der Waals surface area contributed by atoms with Gasteiger partial charge in [0, 0.05) is 0 Å². The van der Waals surface area contributed by atoms with Gasteiger partial charge < -0.3 is 0 Å². The molecular formula is C10H14. The maximum atomic E-state index is 2.27. The minimum absolute atomic E-state index is 1.18. The van der Waals surface area contributed by atoms with Gasteiger partial charge in [0.05, 0.1) is 0 Å². The summed E-state index contributed by atoms with van der Waals surface area (Å²) < 4.78 is 0. The van der Waals surface area contributed by atoms with Crippen LogP contribution in [0.4, 0.5) is 0 Å². The summed E-state index contributed by atoms with van der Waals surface area (Å²) in [5.74, 6) is 0. The van der Waals surface area contributed by atoms with E-state index in [4.69, 9.17) is 0 Å². The van der Waals surface area contributed by atoms with Crippen molar-refractivity contribution in [2.45, 2.75) is 25.7 Å². The monoisotopic (exact) mass is 134 g/mol. The van der Waals surface area contributed by atoms with Crippen LogP contribution in [0.1, 0.15) is 25.7 Å². The summed E-state index contributed by atoms with van der Waals surface area (Å²) in [6.45, 7) is 0. The SMILES string of the molecule is C1=CCC/C=C\CCC=C1. The molecule has 0 unspecified atom stereocenters. The van der Waals surface area contributed by atoms with Crippen molar-refractivity contribution in [2.24, 2.45) is 0 Å². The van der Waals surface area contributed by atoms with E-state index in [1.165, 1.54) is 25.7 Å². The molecule has 0 N–H and O–H groups in total. The maximum Gasteiger partial charge on any atom is -0.0313 e. The highest BCUT2D eigenvalue weighted by Crippen LogP contribution is 2.00. The van der Waals surface area contributed by atoms with E-state index in [0.29, 0.717) is 0 Å². The Morgan fingerprint density at radius 1 is 0.500 bits per heavy atom. The van der Waals surface area contributed by atoms with Crippen LogP contribution < -0.4 is 0 Å². The van der Waals surface area contributed by atoms with Crippen LogP contribution in [0.3, 0.4) is 0 Å². The first-order valence-electron chi connectivity index (χ1n) is 3.97. The van der Waals surface area contributed by atoms with Gasteiger partial charge in [0.25, 0.3) is 0 Å². The molecule has 1 aliphatic rings. The molecule has 0 amide bonds. The summed E-state index contributed by atoms with van der Waals surface area (Å²) in [5.41, 5.74) is 0. The fraction of sp³-hybridized carbons (Fsp3) is 0.400. The third kappa shape index (κ3) is 3.29. The zero-order valence-electron chi connectivity index (χ0n) is 6.29. The van der Waals surface area contributed by atoms with Crippen molar-refractivity contribution in [1.82, 2.24) is 0 Å². The van der Waals surface area contributed by atoms with Crippen LogP contribution in [0.25, 0.3) is 0 Å². The highest BCUT2D eigenvalue weighted by Gasteiger charge is 1.79. The van der Waals surface area contributed by atoms with Gasteiger partial charge in [-0.05, 0) is 25.7 Å². The Morgan fingerprint density at radius 3 is 1.40 bits per heavy atom. The van der Waals surface area contributed by atoms with Crippen LogP contribution >= 0.6 is 0 Å². The van der Waals surface area contributed by atoms with Crippen molar-refractivity contribution in [3.05, 3.63) is 36.5 Å². The van der Waals surface area contributed by atoms with Crippen LogP contribution in [0.5, 0.6) is 0 Å². The molecule has 0 radical (unpaired) electrons. The molecule has 0 nitrogen and oxygen atoms in total. The minimum atomic E-state index is 1.18. The summed E-state index contributed by atoms with van der Waals surface area (Å²) in [6.07, 6.45) is 18.0. The van der Waals surface area contributed by atoms with E-state index in [0.717, 1.165) is 0 Å². The maximum absolute atomic E-state index is 2.27. The zero-order valence-corrected chi connectivity index (χ0v) is 6.29. The van der Waals surface area contributed by atoms with Crippen LogP contribution in [-0.4, -0.2) is 0 Å². The van der Waals surface area contributed by atoms with E-state index in [2.05, 4.69) is 36.5 Å². The van der Waals surface area contributed by atoms with Gasteiger partial charge in [-0.25, -0.2) is 0 Å². The molecule has 0 fully saturated rings. The lowest BCUT2D eigenvalue weighted by atomic mass is 10.2. The second-order valence-electron chi connectivity index (χ2n) is 2.48. The summed E-state index contributed by atoms with van der Waals surface area (Å²) >= 11 is 0. The third-order valence-corrected chi connectivity index (χ3v) is 1.55. The van der Waals surface area contributed by atoms with Crippen LogP contribution in [0.15, 0.2) is 36.5 Å². The lowest BCUT2D eigenvalue weighted by Crippen LogP contribution is -1.69. The van der Waals surface area contributed by atoms with E-state index in [1.807, 2.05) is 0 Å². The smallest absolute Gasteiger partial charge is 0.0313 e. The number of rotatable bonds is 0. The number of allylic oxidation sites excluding steroid dienone is 6. The fourth-order valence-electron chi connectivity index (χ4n) is 0.970. The molecule has 0 aromatic heterocycles. The van der Waals surface area contributed by atoms with Crippen LogP contribution in [-0.2, 0) is 0 Å². The van der Waals surface area contributed by atoms with E-state index in [1.54, 1.807) is 0 Å². The number of hydrogen-bond donors (Lipinski definition) is 0. The Bertz CT molecular complexity index is 131. The summed E-state index contributed by atoms with van der Waals surface area (Å²) in [7, 11) is 0. The van der Waals surface area contributed by atoms with Crippen molar-refractivity contribution >= 4 is 0 Å². The van der Waals surface area contributed by atoms with Crippen molar-refractivity contribution < 1.29 is 0 Å². The van der Waals surface area contributed by atoms with E-state index in [-0.39, 0.29) is 0 Å². The molecule has 0 bridgehead atoms. The molecule has 0 aromatic rings. The Morgan fingerprint density at radius 2 is 0.900 bits per heavy atom. The molecule has 0 atom stereocenters. The second-order valence-corrected chi connectivity index (χ2v) is 2.48. The van der Waals surface area contributed by atoms with Crippen molar-refractivity contribution in [3.8, 4) is 0 Å². The first-order chi connectivity index (χ1) is 5.00. The van der Waals surface area contributed by atoms with Gasteiger partial charge >= 0.3 is 0 Å². The standard InChI is InChI=1S/C10H14/c1-2-4-6-8-10-9-7-5-3-1/h1-4,9-10H,5-8H2/b3-1?,4-2?,10-9-. The van der Waals surface area contributed by atoms with Gasteiger partial charge in [-0.1, -0.05) is 36.5 Å². The average Bonchev–Trinajstić information content (AvgIpc) is 2.01. The lowest BCUT2D eigenvalue weighted by molar-refractivity contribution is 0.998. The van der Waals surface area contributed by atoms with Crippen LogP contribution in [0.2, 0.25) is 0 Å². The molecule has 0 aromatic carbocycles. The predicted molar refractivity (Wildman–Crippen MR) is 45.9 cm³/mol. The van der Waals surface area contributed by atoms with E-state index >= 15 is 0 Å². The lowest BCUT2D eigenvalue weighted by Gasteiger charge is -1.90. The molecular weight excluding hydrogens is 120 g/mol. The highest BCUT2D eigenvalue weighted by atomic mass is 13.9. The topological polar surface area (TPSA) is 0 Å². The Labute approximate surface area is 62.9 Å². The van der Waals surface area contributed by atoms with E-state index in [9.17, 15) is 0 Å². The Balaban J connectivity index is 2.38. The normalized spacial score (nSPS) is 22.4. The third-order valence-electron chi connectivity index (χ3n) is 1.55. The Kier molecular flexibility index (Phi) is 3.69. The minimum Gasteiger partial charge on any atom is -0.0882 e. The van der Waals surface area contributed by atoms with Crippen molar-refractivity contribution in [3.63, 3.8) is 0 Å². The molecule has 0 heterocycles. The molecule has 0 heteroatoms. The molecule has 0 spiro atoms. The summed E-state index contributed by atoms with van der Waals surface area (Å²) in [4.78, 5) is 0. The predicted octanol–water partition coefficient (Wildman–Crippen LogP) is 3.23. The summed E-state index contributed by atoms with van der Waals surface area (Å²) in [5, 5.41) is 0. The van der Waals surface area contributed by atoms with Gasteiger partial charge in [-0.2, -0.15) is 0 Å². The Hall–Kier alpha value is -0.780. The molecule has 10 heavy (non-hydrogen) atoms. The molecule has 1 aliphatic carbocycles. The molecule has 0 aliphatic heterocycles. The second kappa shape index (κ2) is 5.04. The highest BCUT2D eigenvalue weighted by molar-refractivity contribution is 5.04. The fourth-order valence-corrected chi connectivity index (χ4v) is 0.970. The summed E-state index contributed by atoms with van der Waals surface area (Å²) in [6, 6.07) is 0. The zero-order chi connectivity index (χ0) is 7.07. The number of hydrogen-bond acceptors (Lipinski definition) is 0.